The van der Waals surface area contributed by atoms with Gasteiger partial charge in [-0.05, 0) is 61.6 Å². The van der Waals surface area contributed by atoms with E-state index in [1.54, 1.807) is 55.6 Å². The topological polar surface area (TPSA) is 87.7 Å². The lowest BCUT2D eigenvalue weighted by atomic mass is 10.00. The van der Waals surface area contributed by atoms with Gasteiger partial charge in [0.1, 0.15) is 11.8 Å². The van der Waals surface area contributed by atoms with Crippen LogP contribution in [0.1, 0.15) is 53.8 Å². The van der Waals surface area contributed by atoms with Crippen LogP contribution in [-0.4, -0.2) is 48.9 Å². The van der Waals surface area contributed by atoms with Crippen LogP contribution in [-0.2, 0) is 4.79 Å². The maximum absolute atomic E-state index is 13.1. The van der Waals surface area contributed by atoms with E-state index in [9.17, 15) is 14.4 Å². The molecule has 7 nitrogen and oxygen atoms in total. The highest BCUT2D eigenvalue weighted by atomic mass is 16.5. The maximum atomic E-state index is 13.1. The molecule has 1 heterocycles. The van der Waals surface area contributed by atoms with Crippen molar-refractivity contribution in [2.75, 3.05) is 25.5 Å². The summed E-state index contributed by atoms with van der Waals surface area (Å²) in [6.07, 6.45) is 3.11. The van der Waals surface area contributed by atoms with Crippen LogP contribution in [0.3, 0.4) is 0 Å². The molecule has 1 aliphatic heterocycles. The van der Waals surface area contributed by atoms with E-state index in [4.69, 9.17) is 4.74 Å². The van der Waals surface area contributed by atoms with E-state index in [1.807, 2.05) is 18.7 Å². The minimum atomic E-state index is -0.619. The Labute approximate surface area is 189 Å². The first-order chi connectivity index (χ1) is 15.4. The van der Waals surface area contributed by atoms with Gasteiger partial charge in [0, 0.05) is 18.7 Å². The number of likely N-dealkylation sites (tertiary alicyclic amines) is 1. The van der Waals surface area contributed by atoms with Crippen molar-refractivity contribution < 1.29 is 19.1 Å². The van der Waals surface area contributed by atoms with E-state index < -0.39 is 6.04 Å². The Kier molecular flexibility index (Phi) is 7.87. The highest BCUT2D eigenvalue weighted by molar-refractivity contribution is 6.09. The largest absolute Gasteiger partial charge is 0.497 e. The standard InChI is InChI=1S/C25H31N3O4/c1-17(2)22(25(31)28-15-7-4-8-16-28)27-24(30)20-9-5-6-10-21(20)26-23(29)18-11-13-19(32-3)14-12-18/h5-6,9-14,17,22H,4,7-8,15-16H2,1-3H3,(H,26,29)(H,27,30)/t22-/m0/s1. The molecule has 0 aliphatic carbocycles. The average molecular weight is 438 g/mol. The molecule has 1 saturated heterocycles. The Balaban J connectivity index is 1.74. The predicted octanol–water partition coefficient (Wildman–Crippen LogP) is 3.71. The number of carbonyl (C=O) groups excluding carboxylic acids is 3. The summed E-state index contributed by atoms with van der Waals surface area (Å²) < 4.78 is 5.12. The van der Waals surface area contributed by atoms with Crippen molar-refractivity contribution in [1.82, 2.24) is 10.2 Å². The lowest BCUT2D eigenvalue weighted by Gasteiger charge is -2.32. The molecule has 0 radical (unpaired) electrons. The number of benzene rings is 2. The van der Waals surface area contributed by atoms with Crippen LogP contribution in [0.5, 0.6) is 5.75 Å². The molecule has 0 spiro atoms. The zero-order valence-corrected chi connectivity index (χ0v) is 18.9. The third-order valence-electron chi connectivity index (χ3n) is 5.66. The number of rotatable bonds is 7. The normalized spacial score (nSPS) is 14.6. The fourth-order valence-electron chi connectivity index (χ4n) is 3.77. The summed E-state index contributed by atoms with van der Waals surface area (Å²) in [6.45, 7) is 5.30. The summed E-state index contributed by atoms with van der Waals surface area (Å²) in [5, 5.41) is 5.70. The molecule has 0 unspecified atom stereocenters. The highest BCUT2D eigenvalue weighted by Gasteiger charge is 2.30. The molecule has 2 aromatic rings. The van der Waals surface area contributed by atoms with Gasteiger partial charge < -0.3 is 20.3 Å². The zero-order valence-electron chi connectivity index (χ0n) is 18.9. The molecular weight excluding hydrogens is 406 g/mol. The van der Waals surface area contributed by atoms with Crippen LogP contribution in [0.15, 0.2) is 48.5 Å². The summed E-state index contributed by atoms with van der Waals surface area (Å²) in [5.41, 5.74) is 1.14. The molecule has 32 heavy (non-hydrogen) atoms. The summed E-state index contributed by atoms with van der Waals surface area (Å²) in [5.74, 6) is -0.181. The first-order valence-electron chi connectivity index (χ1n) is 11.0. The van der Waals surface area contributed by atoms with Gasteiger partial charge in [-0.15, -0.1) is 0 Å². The number of methoxy groups -OCH3 is 1. The Bertz CT molecular complexity index is 950. The molecule has 0 aromatic heterocycles. The quantitative estimate of drug-likeness (QED) is 0.691. The molecule has 1 aliphatic rings. The minimum absolute atomic E-state index is 0.0483. The molecule has 2 aromatic carbocycles. The van der Waals surface area contributed by atoms with Gasteiger partial charge in [-0.25, -0.2) is 0 Å². The van der Waals surface area contributed by atoms with Gasteiger partial charge in [0.05, 0.1) is 18.4 Å². The third-order valence-corrected chi connectivity index (χ3v) is 5.66. The molecular formula is C25H31N3O4. The van der Waals surface area contributed by atoms with E-state index in [0.717, 1.165) is 32.4 Å². The fourth-order valence-corrected chi connectivity index (χ4v) is 3.77. The van der Waals surface area contributed by atoms with Gasteiger partial charge in [-0.1, -0.05) is 26.0 Å². The zero-order chi connectivity index (χ0) is 23.1. The monoisotopic (exact) mass is 437 g/mol. The lowest BCUT2D eigenvalue weighted by Crippen LogP contribution is -2.52. The van der Waals surface area contributed by atoms with Crippen LogP contribution in [0.25, 0.3) is 0 Å². The van der Waals surface area contributed by atoms with E-state index in [-0.39, 0.29) is 23.6 Å². The van der Waals surface area contributed by atoms with Crippen molar-refractivity contribution in [2.45, 2.75) is 39.2 Å². The molecule has 2 N–H and O–H groups in total. The smallest absolute Gasteiger partial charge is 0.255 e. The number of anilines is 1. The molecule has 3 amide bonds. The highest BCUT2D eigenvalue weighted by Crippen LogP contribution is 2.19. The van der Waals surface area contributed by atoms with Crippen LogP contribution in [0, 0.1) is 5.92 Å². The average Bonchev–Trinajstić information content (AvgIpc) is 2.82. The van der Waals surface area contributed by atoms with Gasteiger partial charge >= 0.3 is 0 Å². The number of nitrogens with zero attached hydrogens (tertiary/aromatic N) is 1. The van der Waals surface area contributed by atoms with Crippen molar-refractivity contribution in [3.8, 4) is 5.75 Å². The summed E-state index contributed by atoms with van der Waals surface area (Å²) in [6, 6.07) is 12.9. The molecule has 1 fully saturated rings. The van der Waals surface area contributed by atoms with Gasteiger partial charge in [0.15, 0.2) is 0 Å². The van der Waals surface area contributed by atoms with E-state index in [1.165, 1.54) is 0 Å². The number of ether oxygens (including phenoxy) is 1. The van der Waals surface area contributed by atoms with Crippen LogP contribution >= 0.6 is 0 Å². The SMILES string of the molecule is COc1ccc(C(=O)Nc2ccccc2C(=O)N[C@H](C(=O)N2CCCCC2)C(C)C)cc1. The van der Waals surface area contributed by atoms with Crippen molar-refractivity contribution >= 4 is 23.4 Å². The van der Waals surface area contributed by atoms with Gasteiger partial charge in [-0.3, -0.25) is 14.4 Å². The van der Waals surface area contributed by atoms with Crippen LogP contribution in [0.4, 0.5) is 5.69 Å². The summed E-state index contributed by atoms with van der Waals surface area (Å²) >= 11 is 0. The third kappa shape index (κ3) is 5.66. The Morgan fingerprint density at radius 3 is 2.19 bits per heavy atom. The number of hydrogen-bond donors (Lipinski definition) is 2. The molecule has 1 atom stereocenters. The second-order valence-electron chi connectivity index (χ2n) is 8.31. The van der Waals surface area contributed by atoms with Crippen molar-refractivity contribution in [2.24, 2.45) is 5.92 Å². The predicted molar refractivity (Wildman–Crippen MR) is 124 cm³/mol. The molecule has 0 bridgehead atoms. The van der Waals surface area contributed by atoms with E-state index in [0.29, 0.717) is 22.6 Å². The summed E-state index contributed by atoms with van der Waals surface area (Å²) in [4.78, 5) is 40.7. The number of para-hydroxylation sites is 1. The van der Waals surface area contributed by atoms with Gasteiger partial charge in [0.2, 0.25) is 5.91 Å². The first kappa shape index (κ1) is 23.3. The lowest BCUT2D eigenvalue weighted by molar-refractivity contribution is -0.135. The Hall–Kier alpha value is -3.35. The fraction of sp³-hybridized carbons (Fsp3) is 0.400. The van der Waals surface area contributed by atoms with E-state index in [2.05, 4.69) is 10.6 Å². The van der Waals surface area contributed by atoms with E-state index >= 15 is 0 Å². The van der Waals surface area contributed by atoms with Crippen molar-refractivity contribution in [3.63, 3.8) is 0 Å². The molecule has 170 valence electrons. The molecule has 7 heteroatoms. The van der Waals surface area contributed by atoms with Crippen molar-refractivity contribution in [1.29, 1.82) is 0 Å². The van der Waals surface area contributed by atoms with Gasteiger partial charge in [-0.2, -0.15) is 0 Å². The van der Waals surface area contributed by atoms with Crippen LogP contribution in [0.2, 0.25) is 0 Å². The number of nitrogens with one attached hydrogen (secondary N) is 2. The molecule has 0 saturated carbocycles. The second-order valence-corrected chi connectivity index (χ2v) is 8.31. The minimum Gasteiger partial charge on any atom is -0.497 e. The Morgan fingerprint density at radius 1 is 0.906 bits per heavy atom. The molecule has 3 rings (SSSR count). The van der Waals surface area contributed by atoms with Crippen LogP contribution < -0.4 is 15.4 Å². The Morgan fingerprint density at radius 2 is 1.56 bits per heavy atom. The number of amides is 3. The first-order valence-corrected chi connectivity index (χ1v) is 11.0. The van der Waals surface area contributed by atoms with Gasteiger partial charge in [0.25, 0.3) is 11.8 Å². The summed E-state index contributed by atoms with van der Waals surface area (Å²) in [7, 11) is 1.56. The number of carbonyl (C=O) groups is 3. The second kappa shape index (κ2) is 10.8. The number of piperidine rings is 1. The van der Waals surface area contributed by atoms with Crippen molar-refractivity contribution in [3.05, 3.63) is 59.7 Å². The maximum Gasteiger partial charge on any atom is 0.255 e. The number of hydrogen-bond acceptors (Lipinski definition) is 4.